The van der Waals surface area contributed by atoms with Gasteiger partial charge in [-0.1, -0.05) is 0 Å². The van der Waals surface area contributed by atoms with Crippen molar-refractivity contribution in [1.29, 1.82) is 0 Å². The minimum atomic E-state index is -4.59. The van der Waals surface area contributed by atoms with Crippen molar-refractivity contribution in [1.82, 2.24) is 35.1 Å². The second-order valence-corrected chi connectivity index (χ2v) is 7.76. The van der Waals surface area contributed by atoms with Crippen LogP contribution in [0.25, 0.3) is 11.3 Å². The Morgan fingerprint density at radius 2 is 2.03 bits per heavy atom. The van der Waals surface area contributed by atoms with Gasteiger partial charge in [-0.05, 0) is 31.9 Å². The molecule has 3 rings (SSSR count). The van der Waals surface area contributed by atoms with E-state index < -0.39 is 29.4 Å². The lowest BCUT2D eigenvalue weighted by Gasteiger charge is -2.28. The van der Waals surface area contributed by atoms with Crippen LogP contribution >= 0.6 is 12.4 Å². The van der Waals surface area contributed by atoms with Crippen LogP contribution in [0.1, 0.15) is 25.1 Å². The quantitative estimate of drug-likeness (QED) is 0.497. The Morgan fingerprint density at radius 1 is 1.32 bits per heavy atom. The van der Waals surface area contributed by atoms with Gasteiger partial charge in [0.25, 0.3) is 0 Å². The third kappa shape index (κ3) is 6.07. The van der Waals surface area contributed by atoms with Crippen molar-refractivity contribution in [3.8, 4) is 11.3 Å². The molecule has 3 heterocycles. The number of aromatic nitrogens is 6. The van der Waals surface area contributed by atoms with Crippen LogP contribution in [0.5, 0.6) is 0 Å². The maximum Gasteiger partial charge on any atom is 0.435 e. The normalized spacial score (nSPS) is 13.0. The predicted molar refractivity (Wildman–Crippen MR) is 109 cm³/mol. The molecule has 3 aromatic rings. The molecule has 1 atom stereocenters. The Morgan fingerprint density at radius 3 is 2.58 bits per heavy atom. The lowest BCUT2D eigenvalue weighted by atomic mass is 10.0. The first-order valence-electron chi connectivity index (χ1n) is 9.14. The van der Waals surface area contributed by atoms with Crippen LogP contribution in [0.2, 0.25) is 0 Å². The molecule has 0 aromatic carbocycles. The molecule has 0 unspecified atom stereocenters. The average Bonchev–Trinajstić information content (AvgIpc) is 3.34. The zero-order valence-electron chi connectivity index (χ0n) is 17.1. The number of hydrogen-bond acceptors (Lipinski definition) is 5. The van der Waals surface area contributed by atoms with Gasteiger partial charge in [0, 0.05) is 25.0 Å². The highest BCUT2D eigenvalue weighted by molar-refractivity contribution is 5.85. The lowest BCUT2D eigenvalue weighted by molar-refractivity contribution is -0.141. The summed E-state index contributed by atoms with van der Waals surface area (Å²) in [6.45, 7) is 3.38. The number of nitrogens with two attached hydrogens (primary N) is 1. The molecule has 0 aliphatic heterocycles. The van der Waals surface area contributed by atoms with E-state index in [0.29, 0.717) is 5.56 Å². The molecule has 0 bridgehead atoms. The average molecular weight is 461 g/mol. The second kappa shape index (κ2) is 9.10. The molecule has 0 spiro atoms. The number of alkyl halides is 3. The van der Waals surface area contributed by atoms with Crippen molar-refractivity contribution in [3.63, 3.8) is 0 Å². The highest BCUT2D eigenvalue weighted by Gasteiger charge is 2.36. The van der Waals surface area contributed by atoms with Gasteiger partial charge in [-0.2, -0.15) is 28.5 Å². The van der Waals surface area contributed by atoms with Gasteiger partial charge in [-0.3, -0.25) is 19.3 Å². The van der Waals surface area contributed by atoms with Gasteiger partial charge in [-0.15, -0.1) is 12.4 Å². The molecule has 3 aromatic heterocycles. The second-order valence-electron chi connectivity index (χ2n) is 7.76. The molecule has 0 saturated carbocycles. The van der Waals surface area contributed by atoms with Crippen LogP contribution in [-0.4, -0.2) is 47.2 Å². The summed E-state index contributed by atoms with van der Waals surface area (Å²) in [4.78, 5) is 12.6. The molecule has 170 valence electrons. The van der Waals surface area contributed by atoms with Gasteiger partial charge in [0.2, 0.25) is 5.91 Å². The summed E-state index contributed by atoms with van der Waals surface area (Å²) in [6.07, 6.45) is 1.96. The minimum absolute atomic E-state index is 0. The smallest absolute Gasteiger partial charge is 0.348 e. The summed E-state index contributed by atoms with van der Waals surface area (Å²) >= 11 is 0. The maximum absolute atomic E-state index is 13.2. The highest BCUT2D eigenvalue weighted by atomic mass is 35.5. The van der Waals surface area contributed by atoms with Crippen LogP contribution in [0, 0.1) is 0 Å². The van der Waals surface area contributed by atoms with Crippen LogP contribution < -0.4 is 11.1 Å². The lowest BCUT2D eigenvalue weighted by Crippen LogP contribution is -2.53. The number of aryl methyl sites for hydroxylation is 1. The van der Waals surface area contributed by atoms with E-state index in [4.69, 9.17) is 5.73 Å². The molecule has 0 saturated heterocycles. The van der Waals surface area contributed by atoms with Crippen molar-refractivity contribution in [2.45, 2.75) is 44.6 Å². The third-order valence-electron chi connectivity index (χ3n) is 4.42. The predicted octanol–water partition coefficient (Wildman–Crippen LogP) is 1.91. The molecule has 0 aliphatic rings. The van der Waals surface area contributed by atoms with Crippen LogP contribution in [-0.2, 0) is 31.0 Å². The van der Waals surface area contributed by atoms with E-state index in [1.54, 1.807) is 38.0 Å². The molecule has 13 heteroatoms. The topological polar surface area (TPSA) is 119 Å². The SMILES string of the molecule is Cl.Cn1cc(C[C@@H](N)C(=O)NC(C)(C)Cn2nc(C(F)(F)F)cc2-c2cn[nH]c2)cn1. The van der Waals surface area contributed by atoms with Crippen molar-refractivity contribution in [2.75, 3.05) is 0 Å². The maximum atomic E-state index is 13.2. The summed E-state index contributed by atoms with van der Waals surface area (Å²) in [5, 5.41) is 16.9. The number of halogens is 4. The molecule has 9 nitrogen and oxygen atoms in total. The molecule has 31 heavy (non-hydrogen) atoms. The molecular formula is C18H24ClF3N8O. The number of carbonyl (C=O) groups excluding carboxylic acids is 1. The Balaban J connectivity index is 0.00000341. The first-order chi connectivity index (χ1) is 13.9. The molecule has 0 radical (unpaired) electrons. The number of rotatable bonds is 7. The summed E-state index contributed by atoms with van der Waals surface area (Å²) in [6, 6.07) is 0.127. The van der Waals surface area contributed by atoms with Gasteiger partial charge >= 0.3 is 6.18 Å². The summed E-state index contributed by atoms with van der Waals surface area (Å²) < 4.78 is 42.4. The van der Waals surface area contributed by atoms with E-state index >= 15 is 0 Å². The zero-order chi connectivity index (χ0) is 22.1. The third-order valence-corrected chi connectivity index (χ3v) is 4.42. The van der Waals surface area contributed by atoms with E-state index in [2.05, 4.69) is 25.7 Å². The molecule has 1 amide bonds. The Kier molecular flexibility index (Phi) is 7.17. The number of aromatic amines is 1. The van der Waals surface area contributed by atoms with E-state index in [-0.39, 0.29) is 31.1 Å². The number of nitrogens with zero attached hydrogens (tertiary/aromatic N) is 5. The highest BCUT2D eigenvalue weighted by Crippen LogP contribution is 2.32. The fourth-order valence-electron chi connectivity index (χ4n) is 3.06. The van der Waals surface area contributed by atoms with E-state index in [0.717, 1.165) is 11.6 Å². The summed E-state index contributed by atoms with van der Waals surface area (Å²) in [5.74, 6) is -0.420. The Labute approximate surface area is 182 Å². The minimum Gasteiger partial charge on any atom is -0.348 e. The number of nitrogens with one attached hydrogen (secondary N) is 2. The number of hydrogen-bond donors (Lipinski definition) is 3. The van der Waals surface area contributed by atoms with E-state index in [1.165, 1.54) is 17.1 Å². The van der Waals surface area contributed by atoms with Gasteiger partial charge in [0.15, 0.2) is 5.69 Å². The van der Waals surface area contributed by atoms with Gasteiger partial charge in [0.05, 0.1) is 36.2 Å². The van der Waals surface area contributed by atoms with Crippen molar-refractivity contribution in [3.05, 3.63) is 42.1 Å². The Hall–Kier alpha value is -2.86. The first-order valence-corrected chi connectivity index (χ1v) is 9.14. The van der Waals surface area contributed by atoms with Crippen molar-refractivity contribution in [2.24, 2.45) is 12.8 Å². The van der Waals surface area contributed by atoms with Crippen LogP contribution in [0.3, 0.4) is 0 Å². The fraction of sp³-hybridized carbons (Fsp3) is 0.444. The number of amides is 1. The van der Waals surface area contributed by atoms with Crippen molar-refractivity contribution < 1.29 is 18.0 Å². The van der Waals surface area contributed by atoms with Gasteiger partial charge in [0.1, 0.15) is 0 Å². The van der Waals surface area contributed by atoms with Gasteiger partial charge < -0.3 is 11.1 Å². The largest absolute Gasteiger partial charge is 0.435 e. The first kappa shape index (κ1) is 24.4. The fourth-order valence-corrected chi connectivity index (χ4v) is 3.06. The monoisotopic (exact) mass is 460 g/mol. The van der Waals surface area contributed by atoms with Crippen LogP contribution in [0.15, 0.2) is 30.9 Å². The number of H-pyrrole nitrogens is 1. The van der Waals surface area contributed by atoms with Crippen molar-refractivity contribution >= 4 is 18.3 Å². The standard InChI is InChI=1S/C18H23F3N8O.ClH/c1-17(2,26-16(30)13(22)4-11-6-25-28(3)9-11)10-29-14(12-7-23-24-8-12)5-15(27-29)18(19,20)21;/h5-9,13H,4,10,22H2,1-3H3,(H,23,24)(H,26,30);1H/t13-;/m1./s1. The molecule has 0 fully saturated rings. The van der Waals surface area contributed by atoms with E-state index in [1.807, 2.05) is 0 Å². The van der Waals surface area contributed by atoms with Gasteiger partial charge in [-0.25, -0.2) is 0 Å². The molecular weight excluding hydrogens is 437 g/mol. The molecule has 0 aliphatic carbocycles. The summed E-state index contributed by atoms with van der Waals surface area (Å²) in [7, 11) is 1.76. The number of carbonyl (C=O) groups is 1. The molecule has 4 N–H and O–H groups in total. The zero-order valence-corrected chi connectivity index (χ0v) is 18.0. The summed E-state index contributed by atoms with van der Waals surface area (Å²) in [5.41, 5.74) is 5.55. The Bertz CT molecular complexity index is 1010. The van der Waals surface area contributed by atoms with E-state index in [9.17, 15) is 18.0 Å². The van der Waals surface area contributed by atoms with Crippen LogP contribution in [0.4, 0.5) is 13.2 Å².